The summed E-state index contributed by atoms with van der Waals surface area (Å²) in [5.41, 5.74) is 1.14. The second-order valence-corrected chi connectivity index (χ2v) is 7.75. The third-order valence-electron chi connectivity index (χ3n) is 3.37. The number of hydrogen-bond acceptors (Lipinski definition) is 5. The number of benzene rings is 1. The highest BCUT2D eigenvalue weighted by Crippen LogP contribution is 2.30. The molecule has 5 nitrogen and oxygen atoms in total. The molecule has 0 unspecified atom stereocenters. The van der Waals surface area contributed by atoms with Crippen LogP contribution in [0.3, 0.4) is 0 Å². The van der Waals surface area contributed by atoms with Crippen LogP contribution in [0.1, 0.15) is 46.5 Å². The summed E-state index contributed by atoms with van der Waals surface area (Å²) < 4.78 is 5.80. The van der Waals surface area contributed by atoms with E-state index < -0.39 is 5.97 Å². The molecule has 1 aromatic heterocycles. The SMILES string of the molecule is CCOC(=O)c1sc(N(CC(C)C)C(=O)c2ccccc2Br)nc1C. The van der Waals surface area contributed by atoms with Gasteiger partial charge < -0.3 is 4.74 Å². The van der Waals surface area contributed by atoms with E-state index in [1.807, 2.05) is 32.0 Å². The molecule has 0 radical (unpaired) electrons. The van der Waals surface area contributed by atoms with Crippen LogP contribution < -0.4 is 4.90 Å². The van der Waals surface area contributed by atoms with E-state index in [1.165, 1.54) is 11.3 Å². The summed E-state index contributed by atoms with van der Waals surface area (Å²) in [6, 6.07) is 7.28. The van der Waals surface area contributed by atoms with Gasteiger partial charge in [0.15, 0.2) is 5.13 Å². The third kappa shape index (κ3) is 4.67. The lowest BCUT2D eigenvalue weighted by atomic mass is 10.1. The smallest absolute Gasteiger partial charge is 0.350 e. The molecule has 0 aliphatic heterocycles. The number of rotatable bonds is 6. The van der Waals surface area contributed by atoms with Crippen LogP contribution >= 0.6 is 27.3 Å². The number of halogens is 1. The minimum Gasteiger partial charge on any atom is -0.462 e. The van der Waals surface area contributed by atoms with Crippen molar-refractivity contribution in [2.45, 2.75) is 27.7 Å². The van der Waals surface area contributed by atoms with Gasteiger partial charge in [-0.25, -0.2) is 9.78 Å². The Kier molecular flexibility index (Phi) is 6.72. The Bertz CT molecular complexity index is 773. The van der Waals surface area contributed by atoms with E-state index in [9.17, 15) is 9.59 Å². The van der Waals surface area contributed by atoms with Crippen molar-refractivity contribution < 1.29 is 14.3 Å². The number of aryl methyl sites for hydroxylation is 1. The summed E-state index contributed by atoms with van der Waals surface area (Å²) in [5.74, 6) is -0.298. The summed E-state index contributed by atoms with van der Waals surface area (Å²) in [5, 5.41) is 0.509. The van der Waals surface area contributed by atoms with Gasteiger partial charge in [0, 0.05) is 11.0 Å². The van der Waals surface area contributed by atoms with E-state index in [-0.39, 0.29) is 11.8 Å². The van der Waals surface area contributed by atoms with Gasteiger partial charge in [-0.3, -0.25) is 9.69 Å². The van der Waals surface area contributed by atoms with E-state index in [4.69, 9.17) is 4.74 Å². The van der Waals surface area contributed by atoms with Crippen LogP contribution in [0.25, 0.3) is 0 Å². The molecular weight excluding hydrogens is 404 g/mol. The number of hydrogen-bond donors (Lipinski definition) is 0. The Labute approximate surface area is 160 Å². The van der Waals surface area contributed by atoms with Gasteiger partial charge in [0.2, 0.25) is 0 Å². The largest absolute Gasteiger partial charge is 0.462 e. The molecule has 25 heavy (non-hydrogen) atoms. The molecule has 0 aliphatic carbocycles. The minimum atomic E-state index is -0.401. The van der Waals surface area contributed by atoms with Crippen molar-refractivity contribution in [2.24, 2.45) is 5.92 Å². The Morgan fingerprint density at radius 2 is 2.00 bits per heavy atom. The first kappa shape index (κ1) is 19.6. The molecule has 2 aromatic rings. The zero-order chi connectivity index (χ0) is 18.6. The molecule has 134 valence electrons. The maximum atomic E-state index is 13.1. The Balaban J connectivity index is 2.41. The fourth-order valence-electron chi connectivity index (χ4n) is 2.28. The van der Waals surface area contributed by atoms with Gasteiger partial charge in [-0.15, -0.1) is 0 Å². The lowest BCUT2D eigenvalue weighted by Crippen LogP contribution is -2.34. The van der Waals surface area contributed by atoms with E-state index in [0.717, 1.165) is 4.47 Å². The second kappa shape index (κ2) is 8.58. The van der Waals surface area contributed by atoms with E-state index >= 15 is 0 Å². The number of thiazole rings is 1. The number of ether oxygens (including phenoxy) is 1. The molecule has 0 aliphatic rings. The standard InChI is InChI=1S/C18H21BrN2O3S/c1-5-24-17(23)15-12(4)20-18(25-15)21(10-11(2)3)16(22)13-8-6-7-9-14(13)19/h6-9,11H,5,10H2,1-4H3. The van der Waals surface area contributed by atoms with Crippen molar-refractivity contribution in [3.05, 3.63) is 44.9 Å². The van der Waals surface area contributed by atoms with Crippen LogP contribution in [0, 0.1) is 12.8 Å². The summed E-state index contributed by atoms with van der Waals surface area (Å²) in [7, 11) is 0. The van der Waals surface area contributed by atoms with Crippen LogP contribution in [0.2, 0.25) is 0 Å². The molecule has 0 atom stereocenters. The van der Waals surface area contributed by atoms with E-state index in [0.29, 0.717) is 34.4 Å². The summed E-state index contributed by atoms with van der Waals surface area (Å²) in [6.45, 7) is 8.39. The maximum Gasteiger partial charge on any atom is 0.350 e. The van der Waals surface area contributed by atoms with Crippen LogP contribution in [-0.2, 0) is 4.74 Å². The molecule has 2 rings (SSSR count). The Hall–Kier alpha value is -1.73. The van der Waals surface area contributed by atoms with Crippen LogP contribution in [0.15, 0.2) is 28.7 Å². The molecule has 1 heterocycles. The van der Waals surface area contributed by atoms with Crippen molar-refractivity contribution in [2.75, 3.05) is 18.1 Å². The van der Waals surface area contributed by atoms with Gasteiger partial charge >= 0.3 is 5.97 Å². The molecule has 0 spiro atoms. The highest BCUT2D eigenvalue weighted by molar-refractivity contribution is 9.10. The predicted octanol–water partition coefficient (Wildman–Crippen LogP) is 4.69. The number of amides is 1. The highest BCUT2D eigenvalue weighted by atomic mass is 79.9. The van der Waals surface area contributed by atoms with Crippen LogP contribution in [0.4, 0.5) is 5.13 Å². The summed E-state index contributed by atoms with van der Waals surface area (Å²) in [4.78, 5) is 31.6. The predicted molar refractivity (Wildman–Crippen MR) is 103 cm³/mol. The molecule has 0 bridgehead atoms. The number of esters is 1. The number of carbonyl (C=O) groups is 2. The molecule has 0 fully saturated rings. The van der Waals surface area contributed by atoms with Gasteiger partial charge in [-0.2, -0.15) is 0 Å². The number of nitrogens with zero attached hydrogens (tertiary/aromatic N) is 2. The third-order valence-corrected chi connectivity index (χ3v) is 5.23. The monoisotopic (exact) mass is 424 g/mol. The summed E-state index contributed by atoms with van der Waals surface area (Å²) in [6.07, 6.45) is 0. The second-order valence-electron chi connectivity index (χ2n) is 5.92. The molecule has 0 saturated heterocycles. The minimum absolute atomic E-state index is 0.148. The Morgan fingerprint density at radius 1 is 1.32 bits per heavy atom. The van der Waals surface area contributed by atoms with Crippen molar-refractivity contribution in [3.8, 4) is 0 Å². The lowest BCUT2D eigenvalue weighted by Gasteiger charge is -2.22. The van der Waals surface area contributed by atoms with Gasteiger partial charge in [0.25, 0.3) is 5.91 Å². The van der Waals surface area contributed by atoms with Gasteiger partial charge in [-0.1, -0.05) is 37.3 Å². The number of anilines is 1. The van der Waals surface area contributed by atoms with Crippen LogP contribution in [0.5, 0.6) is 0 Å². The molecular formula is C18H21BrN2O3S. The lowest BCUT2D eigenvalue weighted by molar-refractivity contribution is 0.0531. The van der Waals surface area contributed by atoms with Gasteiger partial charge in [0.1, 0.15) is 4.88 Å². The first-order valence-corrected chi connectivity index (χ1v) is 9.67. The van der Waals surface area contributed by atoms with Crippen LogP contribution in [-0.4, -0.2) is 30.0 Å². The fourth-order valence-corrected chi connectivity index (χ4v) is 3.70. The van der Waals surface area contributed by atoms with Crippen molar-refractivity contribution in [3.63, 3.8) is 0 Å². The molecule has 7 heteroatoms. The van der Waals surface area contributed by atoms with E-state index in [2.05, 4.69) is 20.9 Å². The van der Waals surface area contributed by atoms with Gasteiger partial charge in [-0.05, 0) is 47.8 Å². The zero-order valence-corrected chi connectivity index (χ0v) is 17.1. The molecule has 1 aromatic carbocycles. The zero-order valence-electron chi connectivity index (χ0n) is 14.7. The highest BCUT2D eigenvalue weighted by Gasteiger charge is 2.26. The first-order chi connectivity index (χ1) is 11.8. The summed E-state index contributed by atoms with van der Waals surface area (Å²) >= 11 is 4.62. The maximum absolute atomic E-state index is 13.1. The molecule has 1 amide bonds. The first-order valence-electron chi connectivity index (χ1n) is 8.06. The number of carbonyl (C=O) groups excluding carboxylic acids is 2. The Morgan fingerprint density at radius 3 is 2.60 bits per heavy atom. The van der Waals surface area contributed by atoms with E-state index in [1.54, 1.807) is 24.8 Å². The van der Waals surface area contributed by atoms with Crippen molar-refractivity contribution in [1.82, 2.24) is 4.98 Å². The number of aromatic nitrogens is 1. The normalized spacial score (nSPS) is 10.8. The van der Waals surface area contributed by atoms with Crippen molar-refractivity contribution >= 4 is 44.3 Å². The van der Waals surface area contributed by atoms with Gasteiger partial charge in [0.05, 0.1) is 17.9 Å². The topological polar surface area (TPSA) is 59.5 Å². The quantitative estimate of drug-likeness (QED) is 0.630. The average molecular weight is 425 g/mol. The van der Waals surface area contributed by atoms with Crippen molar-refractivity contribution in [1.29, 1.82) is 0 Å². The fraction of sp³-hybridized carbons (Fsp3) is 0.389. The molecule has 0 saturated carbocycles. The molecule has 0 N–H and O–H groups in total. The average Bonchev–Trinajstić information content (AvgIpc) is 2.94.